The van der Waals surface area contributed by atoms with Crippen molar-refractivity contribution in [2.75, 3.05) is 18.8 Å². The standard InChI is InChI=1S/C14H24N2/c1-4-16(12(2)3)10-6-8-13-7-5-9-14(15)11-13/h5,7,9,11-12H,4,6,8,10,15H2,1-3H3. The average molecular weight is 220 g/mol. The van der Waals surface area contributed by atoms with Crippen LogP contribution in [-0.2, 0) is 6.42 Å². The van der Waals surface area contributed by atoms with Crippen molar-refractivity contribution in [2.45, 2.75) is 39.7 Å². The van der Waals surface area contributed by atoms with Gasteiger partial charge in [-0.15, -0.1) is 0 Å². The van der Waals surface area contributed by atoms with Crippen LogP contribution in [0.2, 0.25) is 0 Å². The largest absolute Gasteiger partial charge is 0.399 e. The SMILES string of the molecule is CCN(CCCc1cccc(N)c1)C(C)C. The van der Waals surface area contributed by atoms with Crippen LogP contribution < -0.4 is 5.73 Å². The summed E-state index contributed by atoms with van der Waals surface area (Å²) < 4.78 is 0. The minimum absolute atomic E-state index is 0.644. The Morgan fingerprint density at radius 3 is 2.62 bits per heavy atom. The zero-order valence-corrected chi connectivity index (χ0v) is 10.7. The van der Waals surface area contributed by atoms with E-state index in [0.29, 0.717) is 6.04 Å². The Morgan fingerprint density at radius 1 is 1.31 bits per heavy atom. The fourth-order valence-electron chi connectivity index (χ4n) is 2.02. The summed E-state index contributed by atoms with van der Waals surface area (Å²) in [5, 5.41) is 0. The Hall–Kier alpha value is -1.02. The van der Waals surface area contributed by atoms with Crippen molar-refractivity contribution in [1.82, 2.24) is 4.90 Å². The molecule has 90 valence electrons. The van der Waals surface area contributed by atoms with E-state index in [1.165, 1.54) is 18.5 Å². The first-order chi connectivity index (χ1) is 7.63. The van der Waals surface area contributed by atoms with Gasteiger partial charge in [-0.25, -0.2) is 0 Å². The molecular weight excluding hydrogens is 196 g/mol. The van der Waals surface area contributed by atoms with Crippen molar-refractivity contribution < 1.29 is 0 Å². The van der Waals surface area contributed by atoms with Crippen LogP contribution in [0.5, 0.6) is 0 Å². The second kappa shape index (κ2) is 6.54. The first-order valence-corrected chi connectivity index (χ1v) is 6.22. The highest BCUT2D eigenvalue weighted by Crippen LogP contribution is 2.09. The third kappa shape index (κ3) is 4.23. The zero-order chi connectivity index (χ0) is 12.0. The summed E-state index contributed by atoms with van der Waals surface area (Å²) in [5.74, 6) is 0. The summed E-state index contributed by atoms with van der Waals surface area (Å²) >= 11 is 0. The number of hydrogen-bond donors (Lipinski definition) is 1. The Bertz CT molecular complexity index is 307. The van der Waals surface area contributed by atoms with Crippen molar-refractivity contribution in [1.29, 1.82) is 0 Å². The third-order valence-corrected chi connectivity index (χ3v) is 3.00. The average Bonchev–Trinajstić information content (AvgIpc) is 2.24. The molecule has 0 fully saturated rings. The predicted octanol–water partition coefficient (Wildman–Crippen LogP) is 2.93. The maximum Gasteiger partial charge on any atom is 0.0316 e. The van der Waals surface area contributed by atoms with E-state index in [1.54, 1.807) is 0 Å². The number of nitrogen functional groups attached to an aromatic ring is 1. The summed E-state index contributed by atoms with van der Waals surface area (Å²) in [6.45, 7) is 9.03. The molecule has 0 unspecified atom stereocenters. The van der Waals surface area contributed by atoms with Gasteiger partial charge < -0.3 is 10.6 Å². The lowest BCUT2D eigenvalue weighted by atomic mass is 10.1. The summed E-state index contributed by atoms with van der Waals surface area (Å²) in [4.78, 5) is 2.49. The van der Waals surface area contributed by atoms with Gasteiger partial charge in [0.1, 0.15) is 0 Å². The second-order valence-electron chi connectivity index (χ2n) is 4.57. The Labute approximate surface area is 99.5 Å². The first-order valence-electron chi connectivity index (χ1n) is 6.22. The topological polar surface area (TPSA) is 29.3 Å². The molecule has 2 N–H and O–H groups in total. The van der Waals surface area contributed by atoms with Crippen LogP contribution >= 0.6 is 0 Å². The van der Waals surface area contributed by atoms with E-state index < -0.39 is 0 Å². The van der Waals surface area contributed by atoms with Gasteiger partial charge in [-0.3, -0.25) is 0 Å². The van der Waals surface area contributed by atoms with E-state index in [0.717, 1.165) is 18.7 Å². The molecule has 1 aromatic carbocycles. The molecule has 0 bridgehead atoms. The lowest BCUT2D eigenvalue weighted by molar-refractivity contribution is 0.231. The first kappa shape index (κ1) is 13.0. The molecule has 0 saturated carbocycles. The molecule has 0 spiro atoms. The summed E-state index contributed by atoms with van der Waals surface area (Å²) in [5.41, 5.74) is 7.97. The minimum Gasteiger partial charge on any atom is -0.399 e. The highest BCUT2D eigenvalue weighted by molar-refractivity contribution is 5.40. The summed E-state index contributed by atoms with van der Waals surface area (Å²) in [6.07, 6.45) is 2.32. The van der Waals surface area contributed by atoms with Crippen molar-refractivity contribution in [3.63, 3.8) is 0 Å². The number of benzene rings is 1. The molecule has 0 aliphatic rings. The van der Waals surface area contributed by atoms with Crippen LogP contribution in [0.1, 0.15) is 32.8 Å². The van der Waals surface area contributed by atoms with Gasteiger partial charge >= 0.3 is 0 Å². The molecule has 1 aromatic rings. The van der Waals surface area contributed by atoms with Gasteiger partial charge in [-0.2, -0.15) is 0 Å². The molecule has 0 aliphatic carbocycles. The number of rotatable bonds is 6. The number of anilines is 1. The molecule has 0 saturated heterocycles. The highest BCUT2D eigenvalue weighted by atomic mass is 15.1. The molecule has 0 aliphatic heterocycles. The van der Waals surface area contributed by atoms with E-state index in [9.17, 15) is 0 Å². The van der Waals surface area contributed by atoms with Crippen LogP contribution in [0, 0.1) is 0 Å². The number of nitrogens with zero attached hydrogens (tertiary/aromatic N) is 1. The molecule has 2 nitrogen and oxygen atoms in total. The molecule has 16 heavy (non-hydrogen) atoms. The Morgan fingerprint density at radius 2 is 2.06 bits per heavy atom. The maximum atomic E-state index is 5.75. The maximum absolute atomic E-state index is 5.75. The van der Waals surface area contributed by atoms with Crippen molar-refractivity contribution in [2.24, 2.45) is 0 Å². The van der Waals surface area contributed by atoms with Gasteiger partial charge in [0, 0.05) is 11.7 Å². The second-order valence-corrected chi connectivity index (χ2v) is 4.57. The van der Waals surface area contributed by atoms with Gasteiger partial charge in [-0.1, -0.05) is 19.1 Å². The van der Waals surface area contributed by atoms with Crippen molar-refractivity contribution in [3.05, 3.63) is 29.8 Å². The fourth-order valence-corrected chi connectivity index (χ4v) is 2.02. The van der Waals surface area contributed by atoms with Crippen LogP contribution in [0.3, 0.4) is 0 Å². The number of nitrogens with two attached hydrogens (primary N) is 1. The van der Waals surface area contributed by atoms with E-state index in [2.05, 4.69) is 37.8 Å². The van der Waals surface area contributed by atoms with Crippen LogP contribution in [0.4, 0.5) is 5.69 Å². The quantitative estimate of drug-likeness (QED) is 0.747. The van der Waals surface area contributed by atoms with Crippen molar-refractivity contribution >= 4 is 5.69 Å². The van der Waals surface area contributed by atoms with E-state index >= 15 is 0 Å². The van der Waals surface area contributed by atoms with E-state index in [4.69, 9.17) is 5.73 Å². The molecule has 0 amide bonds. The summed E-state index contributed by atoms with van der Waals surface area (Å²) in [7, 11) is 0. The monoisotopic (exact) mass is 220 g/mol. The molecular formula is C14H24N2. The van der Waals surface area contributed by atoms with Gasteiger partial charge in [0.05, 0.1) is 0 Å². The molecule has 0 atom stereocenters. The normalized spacial score (nSPS) is 11.3. The van der Waals surface area contributed by atoms with E-state index in [-0.39, 0.29) is 0 Å². The number of hydrogen-bond acceptors (Lipinski definition) is 2. The van der Waals surface area contributed by atoms with E-state index in [1.807, 2.05) is 12.1 Å². The molecule has 0 radical (unpaired) electrons. The number of aryl methyl sites for hydroxylation is 1. The van der Waals surface area contributed by atoms with Gasteiger partial charge in [-0.05, 0) is 57.5 Å². The highest BCUT2D eigenvalue weighted by Gasteiger charge is 2.05. The summed E-state index contributed by atoms with van der Waals surface area (Å²) in [6, 6.07) is 8.85. The fraction of sp³-hybridized carbons (Fsp3) is 0.571. The van der Waals surface area contributed by atoms with Gasteiger partial charge in [0.2, 0.25) is 0 Å². The van der Waals surface area contributed by atoms with Crippen LogP contribution in [0.25, 0.3) is 0 Å². The lowest BCUT2D eigenvalue weighted by Gasteiger charge is -2.24. The Balaban J connectivity index is 2.35. The third-order valence-electron chi connectivity index (χ3n) is 3.00. The lowest BCUT2D eigenvalue weighted by Crippen LogP contribution is -2.31. The molecule has 1 rings (SSSR count). The molecule has 0 aromatic heterocycles. The van der Waals surface area contributed by atoms with Gasteiger partial charge in [0.25, 0.3) is 0 Å². The zero-order valence-electron chi connectivity index (χ0n) is 10.7. The van der Waals surface area contributed by atoms with Crippen molar-refractivity contribution in [3.8, 4) is 0 Å². The molecule has 0 heterocycles. The smallest absolute Gasteiger partial charge is 0.0316 e. The van der Waals surface area contributed by atoms with Gasteiger partial charge in [0.15, 0.2) is 0 Å². The molecule has 2 heteroatoms. The Kier molecular flexibility index (Phi) is 5.33. The van der Waals surface area contributed by atoms with Crippen LogP contribution in [0.15, 0.2) is 24.3 Å². The minimum atomic E-state index is 0.644. The van der Waals surface area contributed by atoms with Crippen LogP contribution in [-0.4, -0.2) is 24.0 Å². The predicted molar refractivity (Wildman–Crippen MR) is 71.6 cm³/mol.